The molecule has 7 nitrogen and oxygen atoms in total. The molecule has 0 heterocycles. The highest BCUT2D eigenvalue weighted by molar-refractivity contribution is 9.10. The van der Waals surface area contributed by atoms with Gasteiger partial charge in [-0.3, -0.25) is 13.9 Å². The second-order valence-electron chi connectivity index (χ2n) is 9.46. The van der Waals surface area contributed by atoms with Crippen molar-refractivity contribution in [2.24, 2.45) is 0 Å². The maximum absolute atomic E-state index is 14.1. The summed E-state index contributed by atoms with van der Waals surface area (Å²) >= 11 is 3.39. The van der Waals surface area contributed by atoms with Crippen molar-refractivity contribution in [3.8, 4) is 0 Å². The van der Waals surface area contributed by atoms with E-state index < -0.39 is 28.5 Å². The van der Waals surface area contributed by atoms with E-state index in [1.165, 1.54) is 4.90 Å². The van der Waals surface area contributed by atoms with Crippen molar-refractivity contribution in [2.45, 2.75) is 58.0 Å². The number of carbonyl (C=O) groups is 2. The first-order valence-corrected chi connectivity index (χ1v) is 15.3. The molecule has 2 amide bonds. The van der Waals surface area contributed by atoms with Gasteiger partial charge in [-0.2, -0.15) is 0 Å². The average molecular weight is 615 g/mol. The molecule has 3 rings (SSSR count). The number of sulfonamides is 1. The van der Waals surface area contributed by atoms with E-state index in [0.717, 1.165) is 31.9 Å². The molecule has 0 aliphatic heterocycles. The molecular weight excluding hydrogens is 578 g/mol. The number of anilines is 1. The lowest BCUT2D eigenvalue weighted by Gasteiger charge is -2.33. The summed E-state index contributed by atoms with van der Waals surface area (Å²) in [4.78, 5) is 28.8. The van der Waals surface area contributed by atoms with Gasteiger partial charge in [0.25, 0.3) is 10.0 Å². The first-order valence-electron chi connectivity index (χ1n) is 13.0. The third-order valence-corrected chi connectivity index (χ3v) is 8.86. The normalized spacial score (nSPS) is 12.0. The van der Waals surface area contributed by atoms with Gasteiger partial charge in [-0.25, -0.2) is 8.42 Å². The quantitative estimate of drug-likeness (QED) is 0.288. The van der Waals surface area contributed by atoms with Crippen LogP contribution >= 0.6 is 15.9 Å². The largest absolute Gasteiger partial charge is 0.354 e. The maximum atomic E-state index is 14.1. The molecule has 0 radical (unpaired) electrons. The average Bonchev–Trinajstić information content (AvgIpc) is 2.92. The number of amides is 2. The zero-order chi connectivity index (χ0) is 28.6. The Balaban J connectivity index is 2.05. The highest BCUT2D eigenvalue weighted by Crippen LogP contribution is 2.26. The molecule has 0 aromatic heterocycles. The van der Waals surface area contributed by atoms with E-state index in [9.17, 15) is 18.0 Å². The second kappa shape index (κ2) is 13.8. The summed E-state index contributed by atoms with van der Waals surface area (Å²) in [6.07, 6.45) is 1.15. The maximum Gasteiger partial charge on any atom is 0.264 e. The SMILES string of the molecule is CCCNC(=O)[C@@H](CC)N(Cc1ccccc1C)C(=O)CN(c1ccc(Br)cc1)S(=O)(=O)c1ccc(C)cc1. The molecule has 0 aliphatic rings. The van der Waals surface area contributed by atoms with Crippen LogP contribution in [0.15, 0.2) is 82.2 Å². The molecule has 0 unspecified atom stereocenters. The van der Waals surface area contributed by atoms with Crippen molar-refractivity contribution < 1.29 is 18.0 Å². The number of hydrogen-bond donors (Lipinski definition) is 1. The van der Waals surface area contributed by atoms with Crippen LogP contribution in [0.2, 0.25) is 0 Å². The molecule has 0 bridgehead atoms. The lowest BCUT2D eigenvalue weighted by molar-refractivity contribution is -0.140. The second-order valence-corrected chi connectivity index (χ2v) is 12.2. The van der Waals surface area contributed by atoms with Gasteiger partial charge in [0.2, 0.25) is 11.8 Å². The van der Waals surface area contributed by atoms with E-state index >= 15 is 0 Å². The fourth-order valence-electron chi connectivity index (χ4n) is 4.23. The van der Waals surface area contributed by atoms with E-state index in [1.54, 1.807) is 48.5 Å². The van der Waals surface area contributed by atoms with Crippen LogP contribution in [0.1, 0.15) is 43.4 Å². The summed E-state index contributed by atoms with van der Waals surface area (Å²) < 4.78 is 29.7. The Bertz CT molecular complexity index is 1380. The first-order chi connectivity index (χ1) is 18.6. The number of nitrogens with zero attached hydrogens (tertiary/aromatic N) is 2. The third-order valence-electron chi connectivity index (χ3n) is 6.54. The van der Waals surface area contributed by atoms with Crippen LogP contribution in [0.25, 0.3) is 0 Å². The number of halogens is 1. The number of nitrogens with one attached hydrogen (secondary N) is 1. The van der Waals surface area contributed by atoms with Crippen LogP contribution < -0.4 is 9.62 Å². The van der Waals surface area contributed by atoms with Crippen LogP contribution in [-0.2, 0) is 26.2 Å². The predicted octanol–water partition coefficient (Wildman–Crippen LogP) is 5.59. The Morgan fingerprint density at radius 2 is 1.56 bits per heavy atom. The number of aryl methyl sites for hydroxylation is 2. The zero-order valence-corrected chi connectivity index (χ0v) is 25.3. The summed E-state index contributed by atoms with van der Waals surface area (Å²) in [5.74, 6) is -0.715. The van der Waals surface area contributed by atoms with Crippen molar-refractivity contribution >= 4 is 43.5 Å². The van der Waals surface area contributed by atoms with E-state index in [-0.39, 0.29) is 17.3 Å². The molecular formula is C30H36BrN3O4S. The Labute approximate surface area is 240 Å². The molecule has 1 atom stereocenters. The highest BCUT2D eigenvalue weighted by atomic mass is 79.9. The minimum Gasteiger partial charge on any atom is -0.354 e. The topological polar surface area (TPSA) is 86.8 Å². The molecule has 0 aliphatic carbocycles. The number of rotatable bonds is 12. The summed E-state index contributed by atoms with van der Waals surface area (Å²) in [6, 6.07) is 20.2. The minimum absolute atomic E-state index is 0.0852. The summed E-state index contributed by atoms with van der Waals surface area (Å²) in [5, 5.41) is 2.90. The molecule has 0 saturated carbocycles. The van der Waals surface area contributed by atoms with E-state index in [1.807, 2.05) is 52.0 Å². The Hall–Kier alpha value is -3.17. The van der Waals surface area contributed by atoms with Crippen LogP contribution in [0.5, 0.6) is 0 Å². The standard InChI is InChI=1S/C30H36BrN3O4S/c1-5-19-32-30(36)28(6-2)33(20-24-10-8-7-9-23(24)4)29(35)21-34(26-15-13-25(31)14-16-26)39(37,38)27-17-11-22(3)12-18-27/h7-18,28H,5-6,19-21H2,1-4H3,(H,32,36)/t28-/m1/s1. The number of benzene rings is 3. The summed E-state index contributed by atoms with van der Waals surface area (Å²) in [6.45, 7) is 7.86. The molecule has 208 valence electrons. The van der Waals surface area contributed by atoms with E-state index in [4.69, 9.17) is 0 Å². The van der Waals surface area contributed by atoms with Gasteiger partial charge >= 0.3 is 0 Å². The summed E-state index contributed by atoms with van der Waals surface area (Å²) in [5.41, 5.74) is 3.15. The Morgan fingerprint density at radius 3 is 2.15 bits per heavy atom. The van der Waals surface area contributed by atoms with Crippen molar-refractivity contribution in [3.05, 3.63) is 94.0 Å². The molecule has 3 aromatic rings. The molecule has 39 heavy (non-hydrogen) atoms. The van der Waals surface area contributed by atoms with Crippen molar-refractivity contribution in [3.63, 3.8) is 0 Å². The Morgan fingerprint density at radius 1 is 0.923 bits per heavy atom. The molecule has 0 fully saturated rings. The van der Waals surface area contributed by atoms with Gasteiger partial charge in [-0.05, 0) is 74.2 Å². The molecule has 1 N–H and O–H groups in total. The monoisotopic (exact) mass is 613 g/mol. The lowest BCUT2D eigenvalue weighted by Crippen LogP contribution is -2.52. The fourth-order valence-corrected chi connectivity index (χ4v) is 5.91. The van der Waals surface area contributed by atoms with E-state index in [0.29, 0.717) is 18.7 Å². The van der Waals surface area contributed by atoms with Gasteiger partial charge in [0.15, 0.2) is 0 Å². The van der Waals surface area contributed by atoms with Gasteiger partial charge in [0, 0.05) is 17.6 Å². The minimum atomic E-state index is -4.09. The Kier molecular flexibility index (Phi) is 10.7. The van der Waals surface area contributed by atoms with Gasteiger partial charge in [0.05, 0.1) is 10.6 Å². The highest BCUT2D eigenvalue weighted by Gasteiger charge is 2.33. The fraction of sp³-hybridized carbons (Fsp3) is 0.333. The number of carbonyl (C=O) groups excluding carboxylic acids is 2. The van der Waals surface area contributed by atoms with Crippen LogP contribution in [-0.4, -0.2) is 44.3 Å². The van der Waals surface area contributed by atoms with Crippen LogP contribution in [0.3, 0.4) is 0 Å². The van der Waals surface area contributed by atoms with Crippen LogP contribution in [0.4, 0.5) is 5.69 Å². The van der Waals surface area contributed by atoms with Crippen molar-refractivity contribution in [2.75, 3.05) is 17.4 Å². The lowest BCUT2D eigenvalue weighted by atomic mass is 10.1. The van der Waals surface area contributed by atoms with Gasteiger partial charge < -0.3 is 10.2 Å². The van der Waals surface area contributed by atoms with Crippen molar-refractivity contribution in [1.82, 2.24) is 10.2 Å². The van der Waals surface area contributed by atoms with Gasteiger partial charge in [0.1, 0.15) is 12.6 Å². The molecule has 3 aromatic carbocycles. The van der Waals surface area contributed by atoms with Gasteiger partial charge in [-0.15, -0.1) is 0 Å². The third kappa shape index (κ3) is 7.70. The first kappa shape index (κ1) is 30.4. The van der Waals surface area contributed by atoms with Gasteiger partial charge in [-0.1, -0.05) is 71.7 Å². The summed E-state index contributed by atoms with van der Waals surface area (Å²) in [7, 11) is -4.09. The van der Waals surface area contributed by atoms with E-state index in [2.05, 4.69) is 21.2 Å². The molecule has 9 heteroatoms. The zero-order valence-electron chi connectivity index (χ0n) is 22.9. The van der Waals surface area contributed by atoms with Crippen molar-refractivity contribution in [1.29, 1.82) is 0 Å². The van der Waals surface area contributed by atoms with Crippen LogP contribution in [0, 0.1) is 13.8 Å². The smallest absolute Gasteiger partial charge is 0.264 e. The molecule has 0 spiro atoms. The molecule has 0 saturated heterocycles. The predicted molar refractivity (Wildman–Crippen MR) is 159 cm³/mol. The number of hydrogen-bond acceptors (Lipinski definition) is 4.